The molecule has 2 heterocycles. The Labute approximate surface area is 188 Å². The lowest BCUT2D eigenvalue weighted by molar-refractivity contribution is 0.186. The molecule has 2 aromatic carbocycles. The van der Waals surface area contributed by atoms with Crippen molar-refractivity contribution in [2.75, 3.05) is 31.2 Å². The van der Waals surface area contributed by atoms with Crippen molar-refractivity contribution >= 4 is 32.7 Å². The van der Waals surface area contributed by atoms with Gasteiger partial charge in [0.1, 0.15) is 11.6 Å². The van der Waals surface area contributed by atoms with Crippen molar-refractivity contribution in [2.24, 2.45) is 5.92 Å². The van der Waals surface area contributed by atoms with Crippen molar-refractivity contribution < 1.29 is 13.2 Å². The predicted octanol–water partition coefficient (Wildman–Crippen LogP) is 3.40. The van der Waals surface area contributed by atoms with Crippen LogP contribution >= 0.6 is 0 Å². The summed E-state index contributed by atoms with van der Waals surface area (Å²) in [5, 5.41) is 0.645. The van der Waals surface area contributed by atoms with Crippen LogP contribution in [0.15, 0.2) is 47.4 Å². The van der Waals surface area contributed by atoms with Crippen LogP contribution in [0.4, 0.5) is 11.8 Å². The van der Waals surface area contributed by atoms with Crippen LogP contribution in [0, 0.1) is 5.92 Å². The summed E-state index contributed by atoms with van der Waals surface area (Å²) in [5.41, 5.74) is 13.5. The first-order valence-corrected chi connectivity index (χ1v) is 12.2. The van der Waals surface area contributed by atoms with Crippen molar-refractivity contribution in [1.82, 2.24) is 14.3 Å². The summed E-state index contributed by atoms with van der Waals surface area (Å²) in [4.78, 5) is 8.58. The van der Waals surface area contributed by atoms with Gasteiger partial charge in [0, 0.05) is 13.1 Å². The minimum Gasteiger partial charge on any atom is -0.492 e. The van der Waals surface area contributed by atoms with E-state index >= 15 is 0 Å². The Morgan fingerprint density at radius 2 is 1.75 bits per heavy atom. The third-order valence-electron chi connectivity index (χ3n) is 5.96. The lowest BCUT2D eigenvalue weighted by Crippen LogP contribution is -2.39. The minimum atomic E-state index is -3.49. The largest absolute Gasteiger partial charge is 0.492 e. The standard InChI is InChI=1S/C23H29N5O3S/c1-15(2)17-6-8-18(9-7-17)32(29,30)28-12-10-16(11-13-28)14-31-20-5-3-4-19-21(20)22(24)27-23(25)26-19/h3-9,15-16H,10-14H2,1-2H3,(H4,24,25,26,27). The van der Waals surface area contributed by atoms with Gasteiger partial charge in [0.15, 0.2) is 0 Å². The average molecular weight is 456 g/mol. The zero-order valence-electron chi connectivity index (χ0n) is 18.4. The predicted molar refractivity (Wildman–Crippen MR) is 126 cm³/mol. The molecule has 32 heavy (non-hydrogen) atoms. The second-order valence-corrected chi connectivity index (χ2v) is 10.4. The molecule has 3 aromatic rings. The van der Waals surface area contributed by atoms with E-state index in [-0.39, 0.29) is 17.7 Å². The first kappa shape index (κ1) is 22.3. The topological polar surface area (TPSA) is 124 Å². The molecule has 4 rings (SSSR count). The number of rotatable bonds is 6. The molecular formula is C23H29N5O3S. The van der Waals surface area contributed by atoms with Gasteiger partial charge >= 0.3 is 0 Å². The number of anilines is 2. The normalized spacial score (nSPS) is 16.0. The molecule has 0 aliphatic carbocycles. The molecule has 0 spiro atoms. The van der Waals surface area contributed by atoms with E-state index in [0.29, 0.717) is 47.2 Å². The first-order valence-electron chi connectivity index (χ1n) is 10.8. The number of aromatic nitrogens is 2. The van der Waals surface area contributed by atoms with Crippen molar-refractivity contribution in [3.8, 4) is 5.75 Å². The Balaban J connectivity index is 1.39. The van der Waals surface area contributed by atoms with Crippen LogP contribution < -0.4 is 16.2 Å². The lowest BCUT2D eigenvalue weighted by atomic mass is 9.99. The Morgan fingerprint density at radius 1 is 1.06 bits per heavy atom. The van der Waals surface area contributed by atoms with Gasteiger partial charge in [-0.3, -0.25) is 0 Å². The SMILES string of the molecule is CC(C)c1ccc(S(=O)(=O)N2CCC(COc3cccc4nc(N)nc(N)c34)CC2)cc1. The number of sulfonamides is 1. The van der Waals surface area contributed by atoms with E-state index in [1.54, 1.807) is 16.4 Å². The van der Waals surface area contributed by atoms with Gasteiger partial charge < -0.3 is 16.2 Å². The Morgan fingerprint density at radius 3 is 2.41 bits per heavy atom. The van der Waals surface area contributed by atoms with Gasteiger partial charge in [-0.15, -0.1) is 0 Å². The molecule has 4 N–H and O–H groups in total. The number of hydrogen-bond donors (Lipinski definition) is 2. The molecule has 1 saturated heterocycles. The molecule has 1 aliphatic heterocycles. The fourth-order valence-electron chi connectivity index (χ4n) is 4.02. The van der Waals surface area contributed by atoms with E-state index in [1.165, 1.54) is 0 Å². The van der Waals surface area contributed by atoms with Gasteiger partial charge in [0.05, 0.1) is 22.4 Å². The first-order chi connectivity index (χ1) is 15.3. The smallest absolute Gasteiger partial charge is 0.243 e. The molecule has 1 aromatic heterocycles. The van der Waals surface area contributed by atoms with Gasteiger partial charge in [-0.05, 0) is 54.5 Å². The Hall–Kier alpha value is -2.91. The summed E-state index contributed by atoms with van der Waals surface area (Å²) in [6.45, 7) is 5.59. The highest BCUT2D eigenvalue weighted by Gasteiger charge is 2.29. The lowest BCUT2D eigenvalue weighted by Gasteiger charge is -2.31. The van der Waals surface area contributed by atoms with Gasteiger partial charge in [0.2, 0.25) is 16.0 Å². The summed E-state index contributed by atoms with van der Waals surface area (Å²) in [6.07, 6.45) is 1.46. The third-order valence-corrected chi connectivity index (χ3v) is 7.88. The second kappa shape index (κ2) is 8.91. The average Bonchev–Trinajstić information content (AvgIpc) is 2.77. The molecule has 0 unspecified atom stereocenters. The van der Waals surface area contributed by atoms with E-state index in [9.17, 15) is 8.42 Å². The zero-order chi connectivity index (χ0) is 22.9. The highest BCUT2D eigenvalue weighted by atomic mass is 32.2. The highest BCUT2D eigenvalue weighted by molar-refractivity contribution is 7.89. The molecular weight excluding hydrogens is 426 g/mol. The van der Waals surface area contributed by atoms with Gasteiger partial charge in [-0.2, -0.15) is 9.29 Å². The van der Waals surface area contributed by atoms with Gasteiger partial charge in [-0.1, -0.05) is 32.0 Å². The quantitative estimate of drug-likeness (QED) is 0.583. The maximum Gasteiger partial charge on any atom is 0.243 e. The molecule has 0 amide bonds. The maximum absolute atomic E-state index is 13.0. The molecule has 0 saturated carbocycles. The van der Waals surface area contributed by atoms with Gasteiger partial charge in [-0.25, -0.2) is 13.4 Å². The Kier molecular flexibility index (Phi) is 6.21. The van der Waals surface area contributed by atoms with Crippen LogP contribution in [0.25, 0.3) is 10.9 Å². The summed E-state index contributed by atoms with van der Waals surface area (Å²) < 4.78 is 33.7. The monoisotopic (exact) mass is 455 g/mol. The van der Waals surface area contributed by atoms with Crippen molar-refractivity contribution in [3.05, 3.63) is 48.0 Å². The number of fused-ring (bicyclic) bond motifs is 1. The van der Waals surface area contributed by atoms with E-state index in [0.717, 1.165) is 18.4 Å². The minimum absolute atomic E-state index is 0.125. The number of hydrogen-bond acceptors (Lipinski definition) is 7. The van der Waals surface area contributed by atoms with Crippen LogP contribution in [-0.4, -0.2) is 42.4 Å². The van der Waals surface area contributed by atoms with E-state index in [2.05, 4.69) is 23.8 Å². The number of nitrogens with zero attached hydrogens (tertiary/aromatic N) is 3. The maximum atomic E-state index is 13.0. The van der Waals surface area contributed by atoms with Crippen LogP contribution in [0.5, 0.6) is 5.75 Å². The summed E-state index contributed by atoms with van der Waals surface area (Å²) in [7, 11) is -3.49. The molecule has 0 atom stereocenters. The van der Waals surface area contributed by atoms with Gasteiger partial charge in [0.25, 0.3) is 0 Å². The zero-order valence-corrected chi connectivity index (χ0v) is 19.2. The van der Waals surface area contributed by atoms with Crippen molar-refractivity contribution in [1.29, 1.82) is 0 Å². The summed E-state index contributed by atoms with van der Waals surface area (Å²) >= 11 is 0. The highest BCUT2D eigenvalue weighted by Crippen LogP contribution is 2.31. The van der Waals surface area contributed by atoms with Crippen LogP contribution in [-0.2, 0) is 10.0 Å². The molecule has 0 radical (unpaired) electrons. The van der Waals surface area contributed by atoms with E-state index in [1.807, 2.05) is 30.3 Å². The molecule has 8 nitrogen and oxygen atoms in total. The van der Waals surface area contributed by atoms with Crippen LogP contribution in [0.3, 0.4) is 0 Å². The number of ether oxygens (including phenoxy) is 1. The van der Waals surface area contributed by atoms with E-state index in [4.69, 9.17) is 16.2 Å². The van der Waals surface area contributed by atoms with Crippen molar-refractivity contribution in [2.45, 2.75) is 37.5 Å². The van der Waals surface area contributed by atoms with Crippen molar-refractivity contribution in [3.63, 3.8) is 0 Å². The molecule has 170 valence electrons. The molecule has 0 bridgehead atoms. The van der Waals surface area contributed by atoms with E-state index < -0.39 is 10.0 Å². The number of benzene rings is 2. The number of nitrogen functional groups attached to an aromatic ring is 2. The summed E-state index contributed by atoms with van der Waals surface area (Å²) in [6, 6.07) is 12.7. The number of nitrogens with two attached hydrogens (primary N) is 2. The summed E-state index contributed by atoms with van der Waals surface area (Å²) in [5.74, 6) is 1.63. The molecule has 1 fully saturated rings. The Bertz CT molecular complexity index is 1200. The fraction of sp³-hybridized carbons (Fsp3) is 0.391. The third kappa shape index (κ3) is 4.49. The molecule has 1 aliphatic rings. The molecule has 9 heteroatoms. The number of piperidine rings is 1. The van der Waals surface area contributed by atoms with Crippen LogP contribution in [0.2, 0.25) is 0 Å². The second-order valence-electron chi connectivity index (χ2n) is 8.50. The van der Waals surface area contributed by atoms with Crippen LogP contribution in [0.1, 0.15) is 38.2 Å². The fourth-order valence-corrected chi connectivity index (χ4v) is 5.49.